The van der Waals surface area contributed by atoms with Gasteiger partial charge in [0.2, 0.25) is 11.8 Å². The van der Waals surface area contributed by atoms with Gasteiger partial charge < -0.3 is 10.2 Å². The van der Waals surface area contributed by atoms with Crippen molar-refractivity contribution in [3.05, 3.63) is 95.0 Å². The van der Waals surface area contributed by atoms with E-state index in [0.717, 1.165) is 12.1 Å². The van der Waals surface area contributed by atoms with Crippen LogP contribution in [0, 0.1) is 5.92 Å². The fraction of sp³-hybridized carbons (Fsp3) is 0.333. The van der Waals surface area contributed by atoms with Crippen LogP contribution in [0.1, 0.15) is 38.3 Å². The van der Waals surface area contributed by atoms with Gasteiger partial charge in [0, 0.05) is 18.1 Å². The van der Waals surface area contributed by atoms with Crippen LogP contribution in [0.25, 0.3) is 0 Å². The normalized spacial score (nSPS) is 12.6. The second-order valence-corrected chi connectivity index (χ2v) is 12.4. The third-order valence-corrected chi connectivity index (χ3v) is 8.45. The van der Waals surface area contributed by atoms with Crippen molar-refractivity contribution >= 4 is 39.1 Å². The third kappa shape index (κ3) is 8.48. The van der Waals surface area contributed by atoms with Gasteiger partial charge in [-0.05, 0) is 60.4 Å². The maximum absolute atomic E-state index is 14.0. The Bertz CT molecular complexity index is 1470. The number of sulfonamides is 1. The molecule has 3 rings (SSSR count). The molecule has 42 heavy (non-hydrogen) atoms. The Hall–Kier alpha value is -3.57. The monoisotopic (exact) mass is 623 g/mol. The fourth-order valence-corrected chi connectivity index (χ4v) is 5.77. The van der Waals surface area contributed by atoms with Gasteiger partial charge in [0.25, 0.3) is 10.0 Å². The van der Waals surface area contributed by atoms with Gasteiger partial charge in [-0.15, -0.1) is 0 Å². The molecule has 0 aliphatic rings. The second-order valence-electron chi connectivity index (χ2n) is 10.1. The van der Waals surface area contributed by atoms with Crippen molar-refractivity contribution < 1.29 is 31.2 Å². The molecular formula is C30H33ClF3N3O4S. The van der Waals surface area contributed by atoms with Crippen molar-refractivity contribution in [3.8, 4) is 0 Å². The van der Waals surface area contributed by atoms with Gasteiger partial charge in [0.05, 0.1) is 16.1 Å². The number of nitrogens with zero attached hydrogens (tertiary/aromatic N) is 2. The molecule has 12 heteroatoms. The SMILES string of the molecule is CCC(C(=O)NCC(C)C)N(Cc1ccc(Cl)cc1)C(=O)CN(c1cccc(C(F)(F)F)c1)S(=O)(=O)c1ccccc1. The fourth-order valence-electron chi connectivity index (χ4n) is 4.21. The summed E-state index contributed by atoms with van der Waals surface area (Å²) < 4.78 is 69.0. The number of amides is 2. The molecule has 7 nitrogen and oxygen atoms in total. The zero-order valence-corrected chi connectivity index (χ0v) is 25.0. The number of carbonyl (C=O) groups excluding carboxylic acids is 2. The summed E-state index contributed by atoms with van der Waals surface area (Å²) in [7, 11) is -4.50. The van der Waals surface area contributed by atoms with E-state index < -0.39 is 46.2 Å². The highest BCUT2D eigenvalue weighted by Crippen LogP contribution is 2.33. The Kier molecular flexibility index (Phi) is 11.0. The van der Waals surface area contributed by atoms with Gasteiger partial charge >= 0.3 is 6.18 Å². The van der Waals surface area contributed by atoms with E-state index in [2.05, 4.69) is 5.32 Å². The topological polar surface area (TPSA) is 86.8 Å². The van der Waals surface area contributed by atoms with Crippen LogP contribution in [0.2, 0.25) is 5.02 Å². The summed E-state index contributed by atoms with van der Waals surface area (Å²) in [5.74, 6) is -1.06. The minimum Gasteiger partial charge on any atom is -0.354 e. The lowest BCUT2D eigenvalue weighted by atomic mass is 10.1. The zero-order valence-electron chi connectivity index (χ0n) is 23.4. The maximum atomic E-state index is 14.0. The van der Waals surface area contributed by atoms with E-state index in [9.17, 15) is 31.2 Å². The first-order valence-corrected chi connectivity index (χ1v) is 15.1. The number of carbonyl (C=O) groups is 2. The highest BCUT2D eigenvalue weighted by atomic mass is 35.5. The molecule has 1 unspecified atom stereocenters. The molecule has 1 atom stereocenters. The van der Waals surface area contributed by atoms with Crippen LogP contribution in [0.5, 0.6) is 0 Å². The Morgan fingerprint density at radius 2 is 1.60 bits per heavy atom. The first-order valence-electron chi connectivity index (χ1n) is 13.3. The van der Waals surface area contributed by atoms with Crippen molar-refractivity contribution in [2.75, 3.05) is 17.4 Å². The van der Waals surface area contributed by atoms with E-state index in [1.54, 1.807) is 37.3 Å². The molecule has 0 saturated heterocycles. The molecule has 0 radical (unpaired) electrons. The predicted octanol–water partition coefficient (Wildman–Crippen LogP) is 6.13. The van der Waals surface area contributed by atoms with Crippen molar-refractivity contribution in [1.29, 1.82) is 0 Å². The molecule has 1 N–H and O–H groups in total. The lowest BCUT2D eigenvalue weighted by Gasteiger charge is -2.33. The van der Waals surface area contributed by atoms with Gasteiger partial charge in [0.15, 0.2) is 0 Å². The maximum Gasteiger partial charge on any atom is 0.416 e. The molecule has 0 heterocycles. The lowest BCUT2D eigenvalue weighted by molar-refractivity contribution is -0.140. The molecule has 0 aliphatic carbocycles. The number of hydrogen-bond donors (Lipinski definition) is 1. The van der Waals surface area contributed by atoms with E-state index >= 15 is 0 Å². The van der Waals surface area contributed by atoms with Crippen LogP contribution in [0.15, 0.2) is 83.8 Å². The number of nitrogens with one attached hydrogen (secondary N) is 1. The summed E-state index contributed by atoms with van der Waals surface area (Å²) in [5, 5.41) is 3.28. The molecule has 3 aromatic carbocycles. The van der Waals surface area contributed by atoms with E-state index in [1.165, 1.54) is 35.2 Å². The largest absolute Gasteiger partial charge is 0.416 e. The summed E-state index contributed by atoms with van der Waals surface area (Å²) in [4.78, 5) is 28.3. The van der Waals surface area contributed by atoms with Crippen molar-refractivity contribution in [3.63, 3.8) is 0 Å². The predicted molar refractivity (Wildman–Crippen MR) is 156 cm³/mol. The minimum atomic E-state index is -4.75. The van der Waals surface area contributed by atoms with Gasteiger partial charge in [-0.1, -0.05) is 68.8 Å². The van der Waals surface area contributed by atoms with Crippen LogP contribution in [0.4, 0.5) is 18.9 Å². The minimum absolute atomic E-state index is 0.0641. The molecule has 0 aromatic heterocycles. The molecule has 2 amide bonds. The van der Waals surface area contributed by atoms with Crippen molar-refractivity contribution in [2.24, 2.45) is 5.92 Å². The summed E-state index contributed by atoms with van der Waals surface area (Å²) in [6.07, 6.45) is -4.54. The van der Waals surface area contributed by atoms with Crippen molar-refractivity contribution in [1.82, 2.24) is 10.2 Å². The second kappa shape index (κ2) is 14.1. The van der Waals surface area contributed by atoms with E-state index in [0.29, 0.717) is 27.5 Å². The van der Waals surface area contributed by atoms with E-state index in [1.807, 2.05) is 13.8 Å². The smallest absolute Gasteiger partial charge is 0.354 e. The number of benzene rings is 3. The number of anilines is 1. The van der Waals surface area contributed by atoms with Gasteiger partial charge in [-0.25, -0.2) is 8.42 Å². The quantitative estimate of drug-likeness (QED) is 0.263. The van der Waals surface area contributed by atoms with Crippen LogP contribution in [-0.4, -0.2) is 44.3 Å². The highest BCUT2D eigenvalue weighted by molar-refractivity contribution is 7.92. The molecule has 3 aromatic rings. The molecule has 0 saturated carbocycles. The summed E-state index contributed by atoms with van der Waals surface area (Å²) >= 11 is 6.01. The van der Waals surface area contributed by atoms with Gasteiger partial charge in [-0.3, -0.25) is 13.9 Å². The van der Waals surface area contributed by atoms with Gasteiger partial charge in [-0.2, -0.15) is 13.2 Å². The van der Waals surface area contributed by atoms with Crippen LogP contribution >= 0.6 is 11.6 Å². The summed E-state index contributed by atoms with van der Waals surface area (Å²) in [6, 6.07) is 16.5. The molecule has 0 fully saturated rings. The van der Waals surface area contributed by atoms with Crippen LogP contribution in [-0.2, 0) is 32.3 Å². The number of rotatable bonds is 12. The van der Waals surface area contributed by atoms with E-state index in [-0.39, 0.29) is 29.5 Å². The number of alkyl halides is 3. The van der Waals surface area contributed by atoms with Crippen molar-refractivity contribution in [2.45, 2.75) is 50.9 Å². The van der Waals surface area contributed by atoms with E-state index in [4.69, 9.17) is 11.6 Å². The van der Waals surface area contributed by atoms with Crippen LogP contribution < -0.4 is 9.62 Å². The summed E-state index contributed by atoms with van der Waals surface area (Å²) in [5.41, 5.74) is -0.789. The standard InChI is InChI=1S/C30H33ClF3N3O4S/c1-4-27(29(39)35-18-21(2)3)36(19-22-13-15-24(31)16-14-22)28(38)20-37(42(40,41)26-11-6-5-7-12-26)25-10-8-9-23(17-25)30(32,33)34/h5-17,21,27H,4,18-20H2,1-3H3,(H,35,39). The Labute approximate surface area is 249 Å². The average molecular weight is 624 g/mol. The average Bonchev–Trinajstić information content (AvgIpc) is 2.95. The first kappa shape index (κ1) is 32.9. The molecule has 0 aliphatic heterocycles. The lowest BCUT2D eigenvalue weighted by Crippen LogP contribution is -2.52. The molecule has 226 valence electrons. The molecular weight excluding hydrogens is 591 g/mol. The highest BCUT2D eigenvalue weighted by Gasteiger charge is 2.36. The number of halogens is 4. The molecule has 0 bridgehead atoms. The third-order valence-electron chi connectivity index (χ3n) is 6.41. The first-order chi connectivity index (χ1) is 19.7. The Morgan fingerprint density at radius 1 is 0.952 bits per heavy atom. The van der Waals surface area contributed by atoms with Crippen LogP contribution in [0.3, 0.4) is 0 Å². The number of hydrogen-bond acceptors (Lipinski definition) is 4. The Balaban J connectivity index is 2.09. The molecule has 0 spiro atoms. The zero-order chi connectivity index (χ0) is 31.1. The Morgan fingerprint density at radius 3 is 2.17 bits per heavy atom. The van der Waals surface area contributed by atoms with Gasteiger partial charge in [0.1, 0.15) is 12.6 Å². The summed E-state index contributed by atoms with van der Waals surface area (Å²) in [6.45, 7) is 4.99.